The number of fused-ring (bicyclic) bond motifs is 5. The van der Waals surface area contributed by atoms with Crippen molar-refractivity contribution < 1.29 is 44.7 Å². The van der Waals surface area contributed by atoms with Crippen LogP contribution < -0.4 is 34.4 Å². The van der Waals surface area contributed by atoms with Crippen LogP contribution in [0.2, 0.25) is 0 Å². The molecule has 0 unspecified atom stereocenters. The highest BCUT2D eigenvalue weighted by Crippen LogP contribution is 2.40. The van der Waals surface area contributed by atoms with Gasteiger partial charge in [-0.1, -0.05) is 12.1 Å². The molecule has 0 spiro atoms. The molecule has 0 atom stereocenters. The molecule has 55 heavy (non-hydrogen) atoms. The maximum atomic E-state index is 13.6. The van der Waals surface area contributed by atoms with Crippen LogP contribution in [-0.4, -0.2) is 11.6 Å². The van der Waals surface area contributed by atoms with Gasteiger partial charge in [0.15, 0.2) is 58.1 Å². The zero-order chi connectivity index (χ0) is 40.2. The number of benzene rings is 6. The fourth-order valence-electron chi connectivity index (χ4n) is 6.17. The van der Waals surface area contributed by atoms with Crippen LogP contribution in [0.3, 0.4) is 0 Å². The molecule has 12 N–H and O–H groups in total. The van der Waals surface area contributed by atoms with Crippen molar-refractivity contribution in [3.05, 3.63) is 153 Å². The second-order valence-corrected chi connectivity index (χ2v) is 12.4. The fraction of sp³-hybridized carbons (Fsp3) is 0.0256. The number of rotatable bonds is 1. The molecular weight excluding hydrogens is 736 g/mol. The van der Waals surface area contributed by atoms with Crippen molar-refractivity contribution >= 4 is 45.7 Å². The Labute approximate surface area is 305 Å². The fourth-order valence-corrected chi connectivity index (χ4v) is 6.17. The summed E-state index contributed by atoms with van der Waals surface area (Å²) in [4.78, 5) is 24.5. The van der Waals surface area contributed by atoms with E-state index in [1.807, 2.05) is 24.3 Å². The quantitative estimate of drug-likeness (QED) is 0.0558. The van der Waals surface area contributed by atoms with Gasteiger partial charge in [-0.3, -0.25) is 9.59 Å². The number of ketones is 2. The minimum Gasteiger partial charge on any atom is -0.399 e. The zero-order valence-corrected chi connectivity index (χ0v) is 27.9. The molecule has 0 amide bonds. The van der Waals surface area contributed by atoms with E-state index in [9.17, 15) is 44.7 Å². The molecule has 0 saturated heterocycles. The first-order valence-electron chi connectivity index (χ1n) is 15.8. The van der Waals surface area contributed by atoms with Crippen LogP contribution >= 0.6 is 0 Å². The summed E-state index contributed by atoms with van der Waals surface area (Å²) in [5.41, 5.74) is 34.3. The van der Waals surface area contributed by atoms with Crippen LogP contribution in [0.5, 0.6) is 0 Å². The second kappa shape index (κ2) is 14.0. The Hall–Kier alpha value is -7.10. The van der Waals surface area contributed by atoms with Gasteiger partial charge in [0.2, 0.25) is 0 Å². The molecule has 0 aliphatic heterocycles. The van der Waals surface area contributed by atoms with Gasteiger partial charge in [-0.2, -0.15) is 0 Å². The van der Waals surface area contributed by atoms with E-state index in [4.69, 9.17) is 34.4 Å². The minimum atomic E-state index is -2.32. The summed E-state index contributed by atoms with van der Waals surface area (Å²) in [7, 11) is 0. The summed E-state index contributed by atoms with van der Waals surface area (Å²) in [6.07, 6.45) is 0.945. The molecule has 0 saturated carbocycles. The van der Waals surface area contributed by atoms with Gasteiger partial charge in [0.25, 0.3) is 0 Å². The summed E-state index contributed by atoms with van der Waals surface area (Å²) in [6.45, 7) is 0. The molecule has 6 aromatic carbocycles. The Morgan fingerprint density at radius 2 is 0.618 bits per heavy atom. The molecule has 2 aliphatic rings. The summed E-state index contributed by atoms with van der Waals surface area (Å²) in [5, 5.41) is 0. The van der Waals surface area contributed by atoms with Crippen molar-refractivity contribution in [3.8, 4) is 22.3 Å². The number of carbonyl (C=O) groups excluding carboxylic acids is 2. The Morgan fingerprint density at radius 3 is 0.927 bits per heavy atom. The first-order chi connectivity index (χ1) is 25.9. The van der Waals surface area contributed by atoms with Gasteiger partial charge < -0.3 is 34.4 Å². The Balaban J connectivity index is 0.000000143. The van der Waals surface area contributed by atoms with Crippen molar-refractivity contribution in [2.75, 3.05) is 34.4 Å². The van der Waals surface area contributed by atoms with Gasteiger partial charge in [-0.05, 0) is 89.3 Å². The molecule has 0 radical (unpaired) electrons. The summed E-state index contributed by atoms with van der Waals surface area (Å²) in [5.74, 6) is -18.4. The van der Waals surface area contributed by atoms with E-state index in [1.54, 1.807) is 24.3 Å². The van der Waals surface area contributed by atoms with E-state index in [0.29, 0.717) is 33.6 Å². The second-order valence-electron chi connectivity index (χ2n) is 12.4. The third-order valence-electron chi connectivity index (χ3n) is 8.84. The van der Waals surface area contributed by atoms with Crippen LogP contribution in [0.15, 0.2) is 72.8 Å². The predicted molar refractivity (Wildman–Crippen MR) is 192 cm³/mol. The van der Waals surface area contributed by atoms with E-state index in [1.165, 1.54) is 34.4 Å². The predicted octanol–water partition coefficient (Wildman–Crippen LogP) is 7.68. The van der Waals surface area contributed by atoms with Crippen molar-refractivity contribution in [1.29, 1.82) is 0 Å². The molecule has 280 valence electrons. The molecule has 0 bridgehead atoms. The molecular formula is C39H26F8N6O2. The molecule has 0 aromatic heterocycles. The summed E-state index contributed by atoms with van der Waals surface area (Å²) in [6, 6.07) is 21.6. The van der Waals surface area contributed by atoms with Crippen LogP contribution in [0.1, 0.15) is 43.0 Å². The highest BCUT2D eigenvalue weighted by atomic mass is 19.2. The van der Waals surface area contributed by atoms with Gasteiger partial charge in [0, 0.05) is 45.0 Å². The van der Waals surface area contributed by atoms with E-state index in [-0.39, 0.29) is 11.6 Å². The summed E-state index contributed by atoms with van der Waals surface area (Å²) >= 11 is 0. The lowest BCUT2D eigenvalue weighted by atomic mass is 9.83. The number of anilines is 6. The van der Waals surface area contributed by atoms with Gasteiger partial charge in [-0.25, -0.2) is 35.1 Å². The largest absolute Gasteiger partial charge is 0.399 e. The SMILES string of the molecule is Nc1c(F)c(F)c(-c2c(F)c(F)c(N)c(F)c2F)c(F)c1F.Nc1ccc2c(c1)C(=O)c1ccc(N)cc1C2=O.Nc1ccc2c(c1)Cc1cc(N)ccc1-2. The topological polar surface area (TPSA) is 190 Å². The van der Waals surface area contributed by atoms with Gasteiger partial charge in [-0.15, -0.1) is 0 Å². The van der Waals surface area contributed by atoms with Crippen LogP contribution in [0.25, 0.3) is 22.3 Å². The number of carbonyl (C=O) groups is 2. The van der Waals surface area contributed by atoms with E-state index in [0.717, 1.165) is 17.8 Å². The van der Waals surface area contributed by atoms with Crippen LogP contribution in [-0.2, 0) is 6.42 Å². The van der Waals surface area contributed by atoms with Crippen molar-refractivity contribution in [3.63, 3.8) is 0 Å². The molecule has 2 aliphatic carbocycles. The van der Waals surface area contributed by atoms with Gasteiger partial charge in [0.05, 0.1) is 11.1 Å². The number of hydrogen-bond acceptors (Lipinski definition) is 8. The monoisotopic (exact) mass is 762 g/mol. The molecule has 16 heteroatoms. The normalized spacial score (nSPS) is 12.1. The molecule has 0 heterocycles. The third kappa shape index (κ3) is 6.47. The molecule has 8 nitrogen and oxygen atoms in total. The highest BCUT2D eigenvalue weighted by Gasteiger charge is 2.33. The smallest absolute Gasteiger partial charge is 0.194 e. The average Bonchev–Trinajstić information content (AvgIpc) is 3.51. The van der Waals surface area contributed by atoms with Crippen LogP contribution in [0, 0.1) is 46.5 Å². The Bertz CT molecular complexity index is 2400. The van der Waals surface area contributed by atoms with Gasteiger partial charge in [0.1, 0.15) is 11.4 Å². The lowest BCUT2D eigenvalue weighted by molar-refractivity contribution is 0.0979. The average molecular weight is 763 g/mol. The first-order valence-corrected chi connectivity index (χ1v) is 15.8. The maximum absolute atomic E-state index is 13.6. The van der Waals surface area contributed by atoms with Crippen molar-refractivity contribution in [2.24, 2.45) is 0 Å². The number of nitrogens with two attached hydrogens (primary N) is 6. The van der Waals surface area contributed by atoms with Gasteiger partial charge >= 0.3 is 0 Å². The molecule has 6 aromatic rings. The van der Waals surface area contributed by atoms with Crippen molar-refractivity contribution in [1.82, 2.24) is 0 Å². The minimum absolute atomic E-state index is 0.188. The Morgan fingerprint density at radius 1 is 0.345 bits per heavy atom. The molecule has 8 rings (SSSR count). The number of halogens is 8. The van der Waals surface area contributed by atoms with Crippen LogP contribution in [0.4, 0.5) is 69.2 Å². The Kier molecular flexibility index (Phi) is 9.61. The van der Waals surface area contributed by atoms with E-state index >= 15 is 0 Å². The number of hydrogen-bond donors (Lipinski definition) is 6. The first kappa shape index (κ1) is 37.7. The highest BCUT2D eigenvalue weighted by molar-refractivity contribution is 6.28. The lowest BCUT2D eigenvalue weighted by Crippen LogP contribution is -2.21. The standard InChI is InChI=1S/C14H10N2O2.C13H12N2.C12H4F8N2/c15-7-1-3-9-11(5-7)14(18)10-4-2-8(16)6-12(10)13(9)17;14-10-1-3-12-8(6-10)5-9-7-11(15)2-4-13(9)12;13-3-1(4(14)8(18)11(21)7(3)17)2-5(15)9(19)12(22)10(20)6(2)16/h1-6H,15-16H2;1-4,6-7H,5,14-15H2;21-22H2. The lowest BCUT2D eigenvalue weighted by Gasteiger charge is -2.17. The molecule has 0 fully saturated rings. The van der Waals surface area contributed by atoms with Crippen molar-refractivity contribution in [2.45, 2.75) is 6.42 Å². The number of nitrogen functional groups attached to an aromatic ring is 6. The van der Waals surface area contributed by atoms with E-state index < -0.39 is 69.0 Å². The summed E-state index contributed by atoms with van der Waals surface area (Å²) < 4.78 is 108. The zero-order valence-electron chi connectivity index (χ0n) is 27.9. The maximum Gasteiger partial charge on any atom is 0.194 e. The third-order valence-corrected chi connectivity index (χ3v) is 8.84. The van der Waals surface area contributed by atoms with E-state index in [2.05, 4.69) is 12.1 Å².